The molecule has 0 aliphatic rings. The number of hydrogen-bond acceptors (Lipinski definition) is 3. The Morgan fingerprint density at radius 3 is 2.50 bits per heavy atom. The van der Waals surface area contributed by atoms with Crippen molar-refractivity contribution in [3.63, 3.8) is 0 Å². The Kier molecular flexibility index (Phi) is 3.79. The Morgan fingerprint density at radius 2 is 1.95 bits per heavy atom. The van der Waals surface area contributed by atoms with E-state index in [1.54, 1.807) is 19.9 Å². The van der Waals surface area contributed by atoms with Gasteiger partial charge in [-0.15, -0.1) is 0 Å². The molecule has 106 valence electrons. The largest absolute Gasteiger partial charge is 0.466 e. The molecule has 0 spiro atoms. The number of aryl methyl sites for hydroxylation is 4. The number of H-pyrrole nitrogens is 1. The molecule has 2 heterocycles. The van der Waals surface area contributed by atoms with Gasteiger partial charge in [0.25, 0.3) is 11.5 Å². The van der Waals surface area contributed by atoms with E-state index in [1.807, 2.05) is 19.9 Å². The SMILES string of the molecule is Cc1cc(C)c(CNC(=O)c2cc(C)oc2C)c(=O)[nH]1. The minimum Gasteiger partial charge on any atom is -0.466 e. The molecule has 20 heavy (non-hydrogen) atoms. The average molecular weight is 274 g/mol. The van der Waals surface area contributed by atoms with Crippen molar-refractivity contribution < 1.29 is 9.21 Å². The average Bonchev–Trinajstić information content (AvgIpc) is 2.66. The van der Waals surface area contributed by atoms with E-state index in [9.17, 15) is 9.59 Å². The second kappa shape index (κ2) is 5.36. The predicted molar refractivity (Wildman–Crippen MR) is 75.9 cm³/mol. The summed E-state index contributed by atoms with van der Waals surface area (Å²) in [7, 11) is 0. The van der Waals surface area contributed by atoms with Gasteiger partial charge in [0.15, 0.2) is 0 Å². The molecule has 0 saturated heterocycles. The van der Waals surface area contributed by atoms with Crippen LogP contribution in [0.4, 0.5) is 0 Å². The van der Waals surface area contributed by atoms with E-state index in [2.05, 4.69) is 10.3 Å². The lowest BCUT2D eigenvalue weighted by Gasteiger charge is -2.07. The highest BCUT2D eigenvalue weighted by Crippen LogP contribution is 2.13. The summed E-state index contributed by atoms with van der Waals surface area (Å²) in [5.41, 5.74) is 2.59. The zero-order valence-electron chi connectivity index (χ0n) is 12.1. The van der Waals surface area contributed by atoms with Crippen LogP contribution >= 0.6 is 0 Å². The second-order valence-corrected chi connectivity index (χ2v) is 4.95. The third-order valence-electron chi connectivity index (χ3n) is 3.21. The van der Waals surface area contributed by atoms with E-state index < -0.39 is 0 Å². The lowest BCUT2D eigenvalue weighted by Crippen LogP contribution is -2.28. The third kappa shape index (κ3) is 2.82. The quantitative estimate of drug-likeness (QED) is 0.900. The fraction of sp³-hybridized carbons (Fsp3) is 0.333. The normalized spacial score (nSPS) is 10.6. The molecular formula is C15H18N2O3. The maximum absolute atomic E-state index is 12.1. The maximum Gasteiger partial charge on any atom is 0.255 e. The number of amides is 1. The predicted octanol–water partition coefficient (Wildman–Crippen LogP) is 2.13. The molecule has 0 aliphatic carbocycles. The summed E-state index contributed by atoms with van der Waals surface area (Å²) in [5.74, 6) is 1.03. The molecule has 0 aliphatic heterocycles. The molecule has 0 atom stereocenters. The van der Waals surface area contributed by atoms with Crippen LogP contribution in [0.2, 0.25) is 0 Å². The first-order valence-electron chi connectivity index (χ1n) is 6.43. The van der Waals surface area contributed by atoms with Crippen LogP contribution in [0.5, 0.6) is 0 Å². The summed E-state index contributed by atoms with van der Waals surface area (Å²) in [6.07, 6.45) is 0. The van der Waals surface area contributed by atoms with Gasteiger partial charge in [0.1, 0.15) is 11.5 Å². The van der Waals surface area contributed by atoms with Gasteiger partial charge >= 0.3 is 0 Å². The first-order chi connectivity index (χ1) is 9.38. The Morgan fingerprint density at radius 1 is 1.25 bits per heavy atom. The standard InChI is InChI=1S/C15H18N2O3/c1-8-5-9(2)17-15(19)13(8)7-16-14(18)12-6-10(3)20-11(12)4/h5-6H,7H2,1-4H3,(H,16,18)(H,17,19). The monoisotopic (exact) mass is 274 g/mol. The fourth-order valence-corrected chi connectivity index (χ4v) is 2.22. The first-order valence-corrected chi connectivity index (χ1v) is 6.43. The van der Waals surface area contributed by atoms with Crippen molar-refractivity contribution in [3.8, 4) is 0 Å². The molecule has 5 nitrogen and oxygen atoms in total. The van der Waals surface area contributed by atoms with Gasteiger partial charge in [0.05, 0.1) is 5.56 Å². The molecular weight excluding hydrogens is 256 g/mol. The molecule has 5 heteroatoms. The summed E-state index contributed by atoms with van der Waals surface area (Å²) in [4.78, 5) is 26.6. The van der Waals surface area contributed by atoms with Crippen molar-refractivity contribution in [2.75, 3.05) is 0 Å². The molecule has 2 aromatic heterocycles. The number of furan rings is 1. The van der Waals surface area contributed by atoms with Gasteiger partial charge in [-0.05, 0) is 45.4 Å². The second-order valence-electron chi connectivity index (χ2n) is 4.95. The summed E-state index contributed by atoms with van der Waals surface area (Å²) in [5, 5.41) is 2.75. The molecule has 0 aromatic carbocycles. The molecule has 0 fully saturated rings. The number of pyridine rings is 1. The molecule has 0 saturated carbocycles. The highest BCUT2D eigenvalue weighted by molar-refractivity contribution is 5.95. The number of nitrogens with one attached hydrogen (secondary N) is 2. The number of aromatic amines is 1. The minimum absolute atomic E-state index is 0.164. The Bertz CT molecular complexity index is 710. The number of carbonyl (C=O) groups excluding carboxylic acids is 1. The number of aromatic nitrogens is 1. The van der Waals surface area contributed by atoms with Crippen molar-refractivity contribution in [1.29, 1.82) is 0 Å². The lowest BCUT2D eigenvalue weighted by atomic mass is 10.1. The highest BCUT2D eigenvalue weighted by atomic mass is 16.3. The van der Waals surface area contributed by atoms with Crippen LogP contribution in [0.1, 0.15) is 38.7 Å². The van der Waals surface area contributed by atoms with Crippen molar-refractivity contribution in [2.45, 2.75) is 34.2 Å². The summed E-state index contributed by atoms with van der Waals surface area (Å²) < 4.78 is 5.32. The molecule has 1 amide bonds. The van der Waals surface area contributed by atoms with E-state index in [-0.39, 0.29) is 18.0 Å². The number of rotatable bonds is 3. The molecule has 0 radical (unpaired) electrons. The fourth-order valence-electron chi connectivity index (χ4n) is 2.22. The number of hydrogen-bond donors (Lipinski definition) is 2. The van der Waals surface area contributed by atoms with Crippen molar-refractivity contribution in [1.82, 2.24) is 10.3 Å². The van der Waals surface area contributed by atoms with Gasteiger partial charge < -0.3 is 14.7 Å². The van der Waals surface area contributed by atoms with Gasteiger partial charge in [0.2, 0.25) is 0 Å². The minimum atomic E-state index is -0.237. The molecule has 2 rings (SSSR count). The van der Waals surface area contributed by atoms with Crippen molar-refractivity contribution >= 4 is 5.91 Å². The van der Waals surface area contributed by atoms with E-state index >= 15 is 0 Å². The van der Waals surface area contributed by atoms with Gasteiger partial charge in [0, 0.05) is 17.8 Å². The van der Waals surface area contributed by atoms with Crippen LogP contribution in [0.3, 0.4) is 0 Å². The smallest absolute Gasteiger partial charge is 0.255 e. The van der Waals surface area contributed by atoms with Crippen LogP contribution in [0, 0.1) is 27.7 Å². The van der Waals surface area contributed by atoms with Gasteiger partial charge in [-0.2, -0.15) is 0 Å². The van der Waals surface area contributed by atoms with Crippen LogP contribution < -0.4 is 10.9 Å². The Hall–Kier alpha value is -2.30. The van der Waals surface area contributed by atoms with E-state index in [0.717, 1.165) is 11.3 Å². The van der Waals surface area contributed by atoms with Crippen molar-refractivity contribution in [3.05, 3.63) is 56.4 Å². The van der Waals surface area contributed by atoms with Crippen LogP contribution in [-0.4, -0.2) is 10.9 Å². The summed E-state index contributed by atoms with van der Waals surface area (Å²) in [6, 6.07) is 3.58. The third-order valence-corrected chi connectivity index (χ3v) is 3.21. The molecule has 2 N–H and O–H groups in total. The molecule has 0 bridgehead atoms. The van der Waals surface area contributed by atoms with E-state index in [1.165, 1.54) is 0 Å². The van der Waals surface area contributed by atoms with Gasteiger partial charge in [-0.3, -0.25) is 9.59 Å². The van der Waals surface area contributed by atoms with Gasteiger partial charge in [-0.1, -0.05) is 0 Å². The maximum atomic E-state index is 12.1. The van der Waals surface area contributed by atoms with E-state index in [0.29, 0.717) is 22.6 Å². The lowest BCUT2D eigenvalue weighted by molar-refractivity contribution is 0.0949. The molecule has 0 unspecified atom stereocenters. The van der Waals surface area contributed by atoms with Gasteiger partial charge in [-0.25, -0.2) is 0 Å². The Labute approximate surface area is 117 Å². The van der Waals surface area contributed by atoms with Crippen LogP contribution in [-0.2, 0) is 6.54 Å². The zero-order chi connectivity index (χ0) is 14.9. The van der Waals surface area contributed by atoms with Crippen LogP contribution in [0.15, 0.2) is 21.3 Å². The topological polar surface area (TPSA) is 75.1 Å². The molecule has 2 aromatic rings. The zero-order valence-corrected chi connectivity index (χ0v) is 12.1. The highest BCUT2D eigenvalue weighted by Gasteiger charge is 2.14. The van der Waals surface area contributed by atoms with E-state index in [4.69, 9.17) is 4.42 Å². The Balaban J connectivity index is 2.15. The van der Waals surface area contributed by atoms with Crippen molar-refractivity contribution in [2.24, 2.45) is 0 Å². The first kappa shape index (κ1) is 14.1. The number of carbonyl (C=O) groups is 1. The summed E-state index contributed by atoms with van der Waals surface area (Å²) >= 11 is 0. The van der Waals surface area contributed by atoms with Crippen LogP contribution in [0.25, 0.3) is 0 Å². The summed E-state index contributed by atoms with van der Waals surface area (Å²) in [6.45, 7) is 7.42.